The van der Waals surface area contributed by atoms with Gasteiger partial charge in [-0.25, -0.2) is 8.42 Å². The lowest BCUT2D eigenvalue weighted by Crippen LogP contribution is -2.14. The summed E-state index contributed by atoms with van der Waals surface area (Å²) >= 11 is 0. The van der Waals surface area contributed by atoms with E-state index in [1.165, 1.54) is 31.2 Å². The van der Waals surface area contributed by atoms with Crippen LogP contribution in [0, 0.1) is 0 Å². The second kappa shape index (κ2) is 6.04. The summed E-state index contributed by atoms with van der Waals surface area (Å²) in [5, 5.41) is 9.39. The van der Waals surface area contributed by atoms with Crippen molar-refractivity contribution >= 4 is 27.4 Å². The largest absolute Gasteiger partial charge is 0.326 e. The van der Waals surface area contributed by atoms with E-state index >= 15 is 0 Å². The molecule has 0 aliphatic rings. The van der Waals surface area contributed by atoms with Crippen molar-refractivity contribution < 1.29 is 13.2 Å². The van der Waals surface area contributed by atoms with Crippen molar-refractivity contribution in [1.82, 2.24) is 10.2 Å². The molecular formula is C15H20N4O3S. The number of hydrogen-bond acceptors (Lipinski definition) is 4. The number of nitrogens with zero attached hydrogens (tertiary/aromatic N) is 1. The smallest absolute Gasteiger partial charge is 0.263 e. The van der Waals surface area contributed by atoms with Gasteiger partial charge < -0.3 is 5.32 Å². The third-order valence-electron chi connectivity index (χ3n) is 3.11. The van der Waals surface area contributed by atoms with E-state index in [1.54, 1.807) is 6.07 Å². The Hall–Kier alpha value is -2.35. The molecule has 0 bridgehead atoms. The number of rotatable bonds is 4. The predicted molar refractivity (Wildman–Crippen MR) is 88.8 cm³/mol. The zero-order valence-corrected chi connectivity index (χ0v) is 14.3. The lowest BCUT2D eigenvalue weighted by Gasteiger charge is -2.14. The van der Waals surface area contributed by atoms with Crippen molar-refractivity contribution in [3.05, 3.63) is 36.0 Å². The van der Waals surface area contributed by atoms with Crippen LogP contribution in [0.2, 0.25) is 0 Å². The van der Waals surface area contributed by atoms with Crippen LogP contribution in [0.25, 0.3) is 0 Å². The SMILES string of the molecule is CC(=O)Nc1ccc(S(=O)(=O)Nc2cc(C(C)(C)C)[nH]n2)cc1. The first-order valence-electron chi connectivity index (χ1n) is 7.04. The Kier molecular flexibility index (Phi) is 4.46. The van der Waals surface area contributed by atoms with E-state index in [0.717, 1.165) is 5.69 Å². The maximum Gasteiger partial charge on any atom is 0.263 e. The molecule has 0 fully saturated rings. The number of anilines is 2. The first kappa shape index (κ1) is 17.0. The number of carbonyl (C=O) groups is 1. The van der Waals surface area contributed by atoms with Gasteiger partial charge in [-0.3, -0.25) is 14.6 Å². The highest BCUT2D eigenvalue weighted by molar-refractivity contribution is 7.92. The standard InChI is InChI=1S/C15H20N4O3S/c1-10(20)16-11-5-7-12(8-6-11)23(21,22)19-14-9-13(17-18-14)15(2,3)4/h5-9H,1-4H3,(H,16,20)(H2,17,18,19). The number of benzene rings is 1. The van der Waals surface area contributed by atoms with Gasteiger partial charge in [0.1, 0.15) is 0 Å². The lowest BCUT2D eigenvalue weighted by molar-refractivity contribution is -0.114. The molecule has 0 spiro atoms. The molecule has 0 atom stereocenters. The fraction of sp³-hybridized carbons (Fsp3) is 0.333. The van der Waals surface area contributed by atoms with Gasteiger partial charge in [0.15, 0.2) is 5.82 Å². The summed E-state index contributed by atoms with van der Waals surface area (Å²) in [7, 11) is -3.74. The van der Waals surface area contributed by atoms with Crippen molar-refractivity contribution in [3.8, 4) is 0 Å². The van der Waals surface area contributed by atoms with Gasteiger partial charge in [0, 0.05) is 29.8 Å². The van der Waals surface area contributed by atoms with Crippen LogP contribution in [0.4, 0.5) is 11.5 Å². The Morgan fingerprint density at radius 2 is 1.78 bits per heavy atom. The summed E-state index contributed by atoms with van der Waals surface area (Å²) in [6, 6.07) is 7.57. The summed E-state index contributed by atoms with van der Waals surface area (Å²) in [6.45, 7) is 7.38. The highest BCUT2D eigenvalue weighted by Gasteiger charge is 2.20. The van der Waals surface area contributed by atoms with E-state index in [0.29, 0.717) is 5.69 Å². The summed E-state index contributed by atoms with van der Waals surface area (Å²) < 4.78 is 27.1. The molecule has 2 rings (SSSR count). The third-order valence-corrected chi connectivity index (χ3v) is 4.48. The van der Waals surface area contributed by atoms with Gasteiger partial charge in [0.05, 0.1) is 4.90 Å². The molecule has 124 valence electrons. The van der Waals surface area contributed by atoms with E-state index < -0.39 is 10.0 Å². The molecule has 0 unspecified atom stereocenters. The number of aromatic amines is 1. The Balaban J connectivity index is 2.18. The van der Waals surface area contributed by atoms with Gasteiger partial charge in [0.2, 0.25) is 5.91 Å². The van der Waals surface area contributed by atoms with E-state index in [-0.39, 0.29) is 22.0 Å². The lowest BCUT2D eigenvalue weighted by atomic mass is 9.92. The molecule has 0 radical (unpaired) electrons. The molecule has 1 aromatic carbocycles. The minimum absolute atomic E-state index is 0.0897. The van der Waals surface area contributed by atoms with Crippen LogP contribution in [-0.2, 0) is 20.2 Å². The predicted octanol–water partition coefficient (Wildman–Crippen LogP) is 2.47. The highest BCUT2D eigenvalue weighted by atomic mass is 32.2. The van der Waals surface area contributed by atoms with E-state index in [1.807, 2.05) is 20.8 Å². The van der Waals surface area contributed by atoms with Crippen molar-refractivity contribution in [2.24, 2.45) is 0 Å². The Morgan fingerprint density at radius 3 is 2.26 bits per heavy atom. The summed E-state index contributed by atoms with van der Waals surface area (Å²) in [5.41, 5.74) is 1.21. The van der Waals surface area contributed by atoms with Gasteiger partial charge in [-0.15, -0.1) is 0 Å². The van der Waals surface area contributed by atoms with Crippen LogP contribution < -0.4 is 10.0 Å². The van der Waals surface area contributed by atoms with Crippen LogP contribution in [0.3, 0.4) is 0 Å². The quantitative estimate of drug-likeness (QED) is 0.797. The average molecular weight is 336 g/mol. The Bertz CT molecular complexity index is 802. The average Bonchev–Trinajstić information content (AvgIpc) is 2.86. The summed E-state index contributed by atoms with van der Waals surface area (Å²) in [6.07, 6.45) is 0. The van der Waals surface area contributed by atoms with Crippen molar-refractivity contribution in [2.45, 2.75) is 38.0 Å². The molecule has 1 heterocycles. The fourth-order valence-corrected chi connectivity index (χ4v) is 2.87. The van der Waals surface area contributed by atoms with Gasteiger partial charge in [-0.1, -0.05) is 20.8 Å². The molecule has 3 N–H and O–H groups in total. The molecular weight excluding hydrogens is 316 g/mol. The van der Waals surface area contributed by atoms with Crippen molar-refractivity contribution in [2.75, 3.05) is 10.0 Å². The fourth-order valence-electron chi connectivity index (χ4n) is 1.88. The molecule has 0 saturated carbocycles. The topological polar surface area (TPSA) is 104 Å². The van der Waals surface area contributed by atoms with E-state index in [9.17, 15) is 13.2 Å². The molecule has 0 aliphatic carbocycles. The summed E-state index contributed by atoms with van der Waals surface area (Å²) in [5.74, 6) is 0.0193. The van der Waals surface area contributed by atoms with Crippen molar-refractivity contribution in [1.29, 1.82) is 0 Å². The molecule has 8 heteroatoms. The molecule has 0 saturated heterocycles. The minimum Gasteiger partial charge on any atom is -0.326 e. The number of hydrogen-bond donors (Lipinski definition) is 3. The van der Waals surface area contributed by atoms with Crippen molar-refractivity contribution in [3.63, 3.8) is 0 Å². The molecule has 1 aromatic heterocycles. The monoisotopic (exact) mass is 336 g/mol. The number of carbonyl (C=O) groups excluding carboxylic acids is 1. The zero-order chi connectivity index (χ0) is 17.3. The minimum atomic E-state index is -3.74. The number of amides is 1. The van der Waals surface area contributed by atoms with Crippen LogP contribution in [0.5, 0.6) is 0 Å². The molecule has 0 aliphatic heterocycles. The second-order valence-electron chi connectivity index (χ2n) is 6.23. The van der Waals surface area contributed by atoms with Crippen LogP contribution in [0.1, 0.15) is 33.4 Å². The second-order valence-corrected chi connectivity index (χ2v) is 7.91. The van der Waals surface area contributed by atoms with E-state index in [2.05, 4.69) is 20.2 Å². The van der Waals surface area contributed by atoms with Gasteiger partial charge in [0.25, 0.3) is 10.0 Å². The van der Waals surface area contributed by atoms with Crippen LogP contribution in [0.15, 0.2) is 35.2 Å². The highest BCUT2D eigenvalue weighted by Crippen LogP contribution is 2.23. The van der Waals surface area contributed by atoms with Crippen LogP contribution in [-0.4, -0.2) is 24.5 Å². The maximum absolute atomic E-state index is 12.3. The molecule has 23 heavy (non-hydrogen) atoms. The van der Waals surface area contributed by atoms with Crippen LogP contribution >= 0.6 is 0 Å². The first-order chi connectivity index (χ1) is 10.6. The number of aromatic nitrogens is 2. The maximum atomic E-state index is 12.3. The molecule has 1 amide bonds. The number of sulfonamides is 1. The Labute approximate surface area is 135 Å². The summed E-state index contributed by atoms with van der Waals surface area (Å²) in [4.78, 5) is 11.1. The first-order valence-corrected chi connectivity index (χ1v) is 8.52. The molecule has 7 nitrogen and oxygen atoms in total. The van der Waals surface area contributed by atoms with E-state index in [4.69, 9.17) is 0 Å². The normalized spacial score (nSPS) is 12.0. The third kappa shape index (κ3) is 4.32. The number of H-pyrrole nitrogens is 1. The Morgan fingerprint density at radius 1 is 1.17 bits per heavy atom. The van der Waals surface area contributed by atoms with Gasteiger partial charge in [-0.05, 0) is 24.3 Å². The zero-order valence-electron chi connectivity index (χ0n) is 13.5. The van der Waals surface area contributed by atoms with Gasteiger partial charge >= 0.3 is 0 Å². The number of nitrogens with one attached hydrogen (secondary N) is 3. The molecule has 2 aromatic rings. The van der Waals surface area contributed by atoms with Gasteiger partial charge in [-0.2, -0.15) is 5.10 Å².